The highest BCUT2D eigenvalue weighted by atomic mass is 15.3. The van der Waals surface area contributed by atoms with Gasteiger partial charge in [-0.05, 0) is 7.05 Å². The van der Waals surface area contributed by atoms with Crippen molar-refractivity contribution in [2.75, 3.05) is 46.3 Å². The molecule has 5 nitrogen and oxygen atoms in total. The second-order valence-corrected chi connectivity index (χ2v) is 4.84. The van der Waals surface area contributed by atoms with E-state index in [9.17, 15) is 0 Å². The first-order valence-corrected chi connectivity index (χ1v) is 6.33. The molecule has 0 bridgehead atoms. The topological polar surface area (TPSA) is 36.3 Å². The van der Waals surface area contributed by atoms with Crippen LogP contribution in [0.4, 0.5) is 0 Å². The van der Waals surface area contributed by atoms with E-state index in [4.69, 9.17) is 0 Å². The van der Waals surface area contributed by atoms with E-state index in [1.807, 2.05) is 17.9 Å². The Labute approximate surface area is 103 Å². The van der Waals surface area contributed by atoms with Gasteiger partial charge in [-0.3, -0.25) is 9.58 Å². The molecule has 1 fully saturated rings. The van der Waals surface area contributed by atoms with Gasteiger partial charge in [-0.1, -0.05) is 0 Å². The van der Waals surface area contributed by atoms with Gasteiger partial charge >= 0.3 is 0 Å². The molecule has 2 heterocycles. The minimum absolute atomic E-state index is 0.918. The van der Waals surface area contributed by atoms with Gasteiger partial charge in [-0.15, -0.1) is 0 Å². The van der Waals surface area contributed by atoms with Gasteiger partial charge in [0.25, 0.3) is 0 Å². The van der Waals surface area contributed by atoms with Gasteiger partial charge in [0, 0.05) is 64.6 Å². The molecule has 0 aromatic carbocycles. The first-order chi connectivity index (χ1) is 8.24. The summed E-state index contributed by atoms with van der Waals surface area (Å²) in [5, 5.41) is 7.62. The predicted octanol–water partition coefficient (Wildman–Crippen LogP) is -0.243. The zero-order valence-corrected chi connectivity index (χ0v) is 10.9. The lowest BCUT2D eigenvalue weighted by Crippen LogP contribution is -2.46. The number of nitrogens with zero attached hydrogens (tertiary/aromatic N) is 4. The second-order valence-electron chi connectivity index (χ2n) is 4.84. The van der Waals surface area contributed by atoms with Crippen molar-refractivity contribution in [3.63, 3.8) is 0 Å². The summed E-state index contributed by atoms with van der Waals surface area (Å²) in [7, 11) is 4.14. The van der Waals surface area contributed by atoms with E-state index >= 15 is 0 Å². The van der Waals surface area contributed by atoms with Crippen LogP contribution < -0.4 is 5.32 Å². The summed E-state index contributed by atoms with van der Waals surface area (Å²) >= 11 is 0. The molecule has 5 heteroatoms. The second kappa shape index (κ2) is 6.14. The highest BCUT2D eigenvalue weighted by molar-refractivity contribution is 5.02. The van der Waals surface area contributed by atoms with Crippen molar-refractivity contribution in [3.8, 4) is 0 Å². The third kappa shape index (κ3) is 4.11. The van der Waals surface area contributed by atoms with Crippen molar-refractivity contribution in [2.45, 2.75) is 6.54 Å². The molecule has 0 aliphatic carbocycles. The van der Waals surface area contributed by atoms with E-state index in [-0.39, 0.29) is 0 Å². The number of rotatable bonds is 5. The molecule has 2 rings (SSSR count). The quantitative estimate of drug-likeness (QED) is 0.717. The molecule has 0 amide bonds. The SMILES string of the molecule is CN1CCN(CCNCc2cnn(C)c2)CC1. The summed E-state index contributed by atoms with van der Waals surface area (Å²) in [5.41, 5.74) is 1.26. The van der Waals surface area contributed by atoms with Crippen molar-refractivity contribution in [2.24, 2.45) is 7.05 Å². The Balaban J connectivity index is 1.57. The lowest BCUT2D eigenvalue weighted by atomic mass is 10.3. The highest BCUT2D eigenvalue weighted by Gasteiger charge is 2.12. The van der Waals surface area contributed by atoms with Crippen molar-refractivity contribution in [3.05, 3.63) is 18.0 Å². The summed E-state index contributed by atoms with van der Waals surface area (Å²) in [5.74, 6) is 0. The molecule has 0 unspecified atom stereocenters. The Hall–Kier alpha value is -0.910. The van der Waals surface area contributed by atoms with Crippen LogP contribution in [-0.4, -0.2) is 65.9 Å². The molecule has 0 atom stereocenters. The molecular formula is C12H23N5. The van der Waals surface area contributed by atoms with Gasteiger partial charge in [-0.2, -0.15) is 5.10 Å². The van der Waals surface area contributed by atoms with Crippen molar-refractivity contribution in [1.82, 2.24) is 24.9 Å². The molecule has 1 aliphatic heterocycles. The fourth-order valence-corrected chi connectivity index (χ4v) is 2.10. The Morgan fingerprint density at radius 1 is 1.24 bits per heavy atom. The molecule has 17 heavy (non-hydrogen) atoms. The molecule has 1 N–H and O–H groups in total. The number of nitrogens with one attached hydrogen (secondary N) is 1. The van der Waals surface area contributed by atoms with Gasteiger partial charge in [0.05, 0.1) is 6.20 Å². The molecule has 0 saturated carbocycles. The molecule has 0 radical (unpaired) electrons. The van der Waals surface area contributed by atoms with Crippen LogP contribution in [0.25, 0.3) is 0 Å². The first-order valence-electron chi connectivity index (χ1n) is 6.33. The summed E-state index contributed by atoms with van der Waals surface area (Å²) < 4.78 is 1.84. The van der Waals surface area contributed by atoms with Crippen molar-refractivity contribution >= 4 is 0 Å². The van der Waals surface area contributed by atoms with Crippen molar-refractivity contribution < 1.29 is 0 Å². The maximum Gasteiger partial charge on any atom is 0.0534 e. The monoisotopic (exact) mass is 237 g/mol. The van der Waals surface area contributed by atoms with Gasteiger partial charge in [-0.25, -0.2) is 0 Å². The maximum absolute atomic E-state index is 4.15. The predicted molar refractivity (Wildman–Crippen MR) is 68.9 cm³/mol. The standard InChI is InChI=1S/C12H23N5/c1-15-5-7-17(8-6-15)4-3-13-9-12-10-14-16(2)11-12/h10-11,13H,3-9H2,1-2H3. The van der Waals surface area contributed by atoms with Gasteiger partial charge < -0.3 is 10.2 Å². The minimum atomic E-state index is 0.918. The normalized spacial score (nSPS) is 18.7. The Kier molecular flexibility index (Phi) is 4.53. The third-order valence-corrected chi connectivity index (χ3v) is 3.29. The Morgan fingerprint density at radius 3 is 2.65 bits per heavy atom. The molecule has 0 spiro atoms. The van der Waals surface area contributed by atoms with Crippen LogP contribution in [0.2, 0.25) is 0 Å². The molecular weight excluding hydrogens is 214 g/mol. The number of aromatic nitrogens is 2. The van der Waals surface area contributed by atoms with Crippen LogP contribution in [0.1, 0.15) is 5.56 Å². The third-order valence-electron chi connectivity index (χ3n) is 3.29. The van der Waals surface area contributed by atoms with E-state index in [0.717, 1.165) is 19.6 Å². The van der Waals surface area contributed by atoms with Crippen LogP contribution in [0.15, 0.2) is 12.4 Å². The minimum Gasteiger partial charge on any atom is -0.311 e. The smallest absolute Gasteiger partial charge is 0.0534 e. The van der Waals surface area contributed by atoms with Crippen molar-refractivity contribution in [1.29, 1.82) is 0 Å². The van der Waals surface area contributed by atoms with Gasteiger partial charge in [0.15, 0.2) is 0 Å². The molecule has 1 aliphatic rings. The van der Waals surface area contributed by atoms with E-state index in [2.05, 4.69) is 33.5 Å². The van der Waals surface area contributed by atoms with Crippen LogP contribution in [-0.2, 0) is 13.6 Å². The van der Waals surface area contributed by atoms with Gasteiger partial charge in [0.2, 0.25) is 0 Å². The molecule has 96 valence electrons. The maximum atomic E-state index is 4.15. The largest absolute Gasteiger partial charge is 0.311 e. The molecule has 1 aromatic rings. The van der Waals surface area contributed by atoms with Gasteiger partial charge in [0.1, 0.15) is 0 Å². The first kappa shape index (κ1) is 12.5. The van der Waals surface area contributed by atoms with Crippen LogP contribution >= 0.6 is 0 Å². The van der Waals surface area contributed by atoms with Crippen LogP contribution in [0.3, 0.4) is 0 Å². The molecule has 1 saturated heterocycles. The lowest BCUT2D eigenvalue weighted by molar-refractivity contribution is 0.154. The van der Waals surface area contributed by atoms with E-state index in [1.165, 1.54) is 31.7 Å². The number of piperazine rings is 1. The summed E-state index contributed by atoms with van der Waals surface area (Å²) in [6.45, 7) is 7.91. The zero-order valence-electron chi connectivity index (χ0n) is 10.9. The highest BCUT2D eigenvalue weighted by Crippen LogP contribution is 1.98. The number of likely N-dealkylation sites (N-methyl/N-ethyl adjacent to an activating group) is 1. The Morgan fingerprint density at radius 2 is 2.00 bits per heavy atom. The average molecular weight is 237 g/mol. The number of aryl methyl sites for hydroxylation is 1. The van der Waals surface area contributed by atoms with Crippen LogP contribution in [0, 0.1) is 0 Å². The average Bonchev–Trinajstić information content (AvgIpc) is 2.73. The van der Waals surface area contributed by atoms with E-state index in [1.54, 1.807) is 0 Å². The van der Waals surface area contributed by atoms with E-state index < -0.39 is 0 Å². The summed E-state index contributed by atoms with van der Waals surface area (Å²) in [6.07, 6.45) is 3.98. The number of hydrogen-bond acceptors (Lipinski definition) is 4. The Bertz CT molecular complexity index is 327. The number of hydrogen-bond donors (Lipinski definition) is 1. The summed E-state index contributed by atoms with van der Waals surface area (Å²) in [6, 6.07) is 0. The fraction of sp³-hybridized carbons (Fsp3) is 0.750. The summed E-state index contributed by atoms with van der Waals surface area (Å²) in [4.78, 5) is 4.91. The zero-order chi connectivity index (χ0) is 12.1. The van der Waals surface area contributed by atoms with E-state index in [0.29, 0.717) is 0 Å². The lowest BCUT2D eigenvalue weighted by Gasteiger charge is -2.32. The molecule has 1 aromatic heterocycles. The van der Waals surface area contributed by atoms with Crippen LogP contribution in [0.5, 0.6) is 0 Å². The fourth-order valence-electron chi connectivity index (χ4n) is 2.10.